The average Bonchev–Trinajstić information content (AvgIpc) is 2.33. The number of phenols is 1. The van der Waals surface area contributed by atoms with Crippen LogP contribution in [0.4, 0.5) is 0 Å². The molecule has 0 amide bonds. The van der Waals surface area contributed by atoms with Crippen LogP contribution in [0.3, 0.4) is 0 Å². The second kappa shape index (κ2) is 4.92. The molecule has 0 fully saturated rings. The Labute approximate surface area is 113 Å². The van der Waals surface area contributed by atoms with Gasteiger partial charge in [-0.15, -0.1) is 0 Å². The van der Waals surface area contributed by atoms with Crippen molar-refractivity contribution in [2.45, 2.75) is 33.1 Å². The Balaban J connectivity index is 2.24. The summed E-state index contributed by atoms with van der Waals surface area (Å²) >= 11 is 0. The maximum absolute atomic E-state index is 10.0. The molecule has 0 bridgehead atoms. The Morgan fingerprint density at radius 1 is 1.11 bits per heavy atom. The summed E-state index contributed by atoms with van der Waals surface area (Å²) in [4.78, 5) is 4.16. The summed E-state index contributed by atoms with van der Waals surface area (Å²) in [5, 5.41) is 10.0. The Morgan fingerprint density at radius 2 is 1.84 bits per heavy atom. The molecule has 1 aromatic carbocycles. The number of nitrogens with zero attached hydrogens (tertiary/aromatic N) is 1. The topological polar surface area (TPSA) is 42.4 Å². The van der Waals surface area contributed by atoms with E-state index in [0.29, 0.717) is 11.5 Å². The smallest absolute Gasteiger partial charge is 0.169 e. The van der Waals surface area contributed by atoms with Crippen molar-refractivity contribution in [2.24, 2.45) is 0 Å². The lowest BCUT2D eigenvalue weighted by molar-refractivity contribution is 0.408. The predicted octanol–water partition coefficient (Wildman–Crippen LogP) is 4.19. The fourth-order valence-electron chi connectivity index (χ4n) is 1.71. The second-order valence-electron chi connectivity index (χ2n) is 5.67. The fraction of sp³-hybridized carbons (Fsp3) is 0.312. The molecule has 0 aliphatic heterocycles. The first-order valence-electron chi connectivity index (χ1n) is 6.30. The maximum atomic E-state index is 10.0. The number of rotatable bonds is 2. The van der Waals surface area contributed by atoms with Crippen molar-refractivity contribution in [3.05, 3.63) is 47.8 Å². The minimum Gasteiger partial charge on any atom is -0.504 e. The van der Waals surface area contributed by atoms with Gasteiger partial charge in [-0.25, -0.2) is 0 Å². The Morgan fingerprint density at radius 3 is 2.37 bits per heavy atom. The van der Waals surface area contributed by atoms with Gasteiger partial charge in [0.25, 0.3) is 0 Å². The fourth-order valence-corrected chi connectivity index (χ4v) is 1.71. The van der Waals surface area contributed by atoms with Gasteiger partial charge in [0, 0.05) is 5.69 Å². The van der Waals surface area contributed by atoms with Crippen molar-refractivity contribution in [1.29, 1.82) is 0 Å². The van der Waals surface area contributed by atoms with Crippen molar-refractivity contribution in [3.8, 4) is 17.2 Å². The second-order valence-corrected chi connectivity index (χ2v) is 5.67. The van der Waals surface area contributed by atoms with Crippen molar-refractivity contribution < 1.29 is 9.84 Å². The lowest BCUT2D eigenvalue weighted by atomic mass is 9.87. The predicted molar refractivity (Wildman–Crippen MR) is 75.9 cm³/mol. The van der Waals surface area contributed by atoms with Gasteiger partial charge in [0.2, 0.25) is 0 Å². The summed E-state index contributed by atoms with van der Waals surface area (Å²) in [6.07, 6.45) is 1.65. The number of benzene rings is 1. The number of hydrogen-bond acceptors (Lipinski definition) is 3. The number of phenolic OH excluding ortho intramolecular Hbond substituents is 1. The minimum absolute atomic E-state index is 0.00141. The van der Waals surface area contributed by atoms with Gasteiger partial charge < -0.3 is 9.84 Å². The molecule has 100 valence electrons. The molecular weight excluding hydrogens is 238 g/mol. The van der Waals surface area contributed by atoms with Gasteiger partial charge >= 0.3 is 0 Å². The highest BCUT2D eigenvalue weighted by molar-refractivity contribution is 5.45. The molecule has 2 rings (SSSR count). The molecule has 1 heterocycles. The quantitative estimate of drug-likeness (QED) is 0.877. The summed E-state index contributed by atoms with van der Waals surface area (Å²) < 4.78 is 5.62. The molecule has 0 atom stereocenters. The summed E-state index contributed by atoms with van der Waals surface area (Å²) in [5.74, 6) is 1.20. The van der Waals surface area contributed by atoms with E-state index >= 15 is 0 Å². The monoisotopic (exact) mass is 257 g/mol. The van der Waals surface area contributed by atoms with Crippen LogP contribution in [0.5, 0.6) is 17.2 Å². The molecule has 2 aromatic rings. The van der Waals surface area contributed by atoms with Crippen LogP contribution >= 0.6 is 0 Å². The van der Waals surface area contributed by atoms with Crippen LogP contribution in [-0.2, 0) is 5.41 Å². The van der Waals surface area contributed by atoms with Gasteiger partial charge in [-0.1, -0.05) is 26.8 Å². The van der Waals surface area contributed by atoms with Crippen LogP contribution in [0.15, 0.2) is 36.5 Å². The molecule has 0 radical (unpaired) electrons. The minimum atomic E-state index is 0.00141. The van der Waals surface area contributed by atoms with Crippen molar-refractivity contribution in [3.63, 3.8) is 0 Å². The molecule has 1 aromatic heterocycles. The van der Waals surface area contributed by atoms with Gasteiger partial charge in [0.15, 0.2) is 11.5 Å². The molecule has 3 nitrogen and oxygen atoms in total. The van der Waals surface area contributed by atoms with Crippen LogP contribution in [0.1, 0.15) is 32.0 Å². The molecule has 19 heavy (non-hydrogen) atoms. The van der Waals surface area contributed by atoms with E-state index in [1.165, 1.54) is 0 Å². The molecule has 0 saturated heterocycles. The number of ether oxygens (including phenoxy) is 1. The first kappa shape index (κ1) is 13.4. The van der Waals surface area contributed by atoms with Crippen molar-refractivity contribution >= 4 is 0 Å². The van der Waals surface area contributed by atoms with Gasteiger partial charge in [-0.2, -0.15) is 0 Å². The highest BCUT2D eigenvalue weighted by atomic mass is 16.5. The van der Waals surface area contributed by atoms with Crippen LogP contribution in [0, 0.1) is 6.92 Å². The lowest BCUT2D eigenvalue weighted by Crippen LogP contribution is -2.10. The van der Waals surface area contributed by atoms with Gasteiger partial charge in [0.05, 0.1) is 6.20 Å². The van der Waals surface area contributed by atoms with Gasteiger partial charge in [0.1, 0.15) is 5.75 Å². The standard InChI is InChI=1S/C16H19NO2/c1-11-5-7-13(10-17-11)19-15-8-6-12(9-14(15)18)16(2,3)4/h5-10,18H,1-4H3. The molecule has 0 saturated carbocycles. The normalized spacial score (nSPS) is 11.4. The highest BCUT2D eigenvalue weighted by Gasteiger charge is 2.16. The summed E-state index contributed by atoms with van der Waals surface area (Å²) in [6, 6.07) is 9.21. The van der Waals surface area contributed by atoms with E-state index < -0.39 is 0 Å². The summed E-state index contributed by atoms with van der Waals surface area (Å²) in [5.41, 5.74) is 2.00. The Kier molecular flexibility index (Phi) is 3.47. The molecule has 0 aliphatic rings. The first-order chi connectivity index (χ1) is 8.86. The molecule has 3 heteroatoms. The number of pyridine rings is 1. The third-order valence-corrected chi connectivity index (χ3v) is 2.94. The van der Waals surface area contributed by atoms with E-state index in [0.717, 1.165) is 11.3 Å². The largest absolute Gasteiger partial charge is 0.504 e. The number of aryl methyl sites for hydroxylation is 1. The molecule has 0 aliphatic carbocycles. The third-order valence-electron chi connectivity index (χ3n) is 2.94. The van der Waals surface area contributed by atoms with E-state index in [4.69, 9.17) is 4.74 Å². The summed E-state index contributed by atoms with van der Waals surface area (Å²) in [6.45, 7) is 8.23. The van der Waals surface area contributed by atoms with Crippen LogP contribution < -0.4 is 4.74 Å². The average molecular weight is 257 g/mol. The molecule has 0 spiro atoms. The van der Waals surface area contributed by atoms with Crippen molar-refractivity contribution in [1.82, 2.24) is 4.98 Å². The zero-order valence-electron chi connectivity index (χ0n) is 11.8. The lowest BCUT2D eigenvalue weighted by Gasteiger charge is -2.19. The van der Waals surface area contributed by atoms with Crippen molar-refractivity contribution in [2.75, 3.05) is 0 Å². The Bertz CT molecular complexity index is 568. The zero-order chi connectivity index (χ0) is 14.0. The van der Waals surface area contributed by atoms with Crippen LogP contribution in [-0.4, -0.2) is 10.1 Å². The van der Waals surface area contributed by atoms with E-state index in [1.807, 2.05) is 25.1 Å². The zero-order valence-corrected chi connectivity index (χ0v) is 11.8. The number of aromatic hydroxyl groups is 1. The third kappa shape index (κ3) is 3.25. The van der Waals surface area contributed by atoms with E-state index in [-0.39, 0.29) is 11.2 Å². The van der Waals surface area contributed by atoms with E-state index in [2.05, 4.69) is 25.8 Å². The molecule has 0 unspecified atom stereocenters. The van der Waals surface area contributed by atoms with E-state index in [1.54, 1.807) is 18.3 Å². The number of aromatic nitrogens is 1. The Hall–Kier alpha value is -2.03. The molecular formula is C16H19NO2. The summed E-state index contributed by atoms with van der Waals surface area (Å²) in [7, 11) is 0. The van der Waals surface area contributed by atoms with Gasteiger partial charge in [-0.05, 0) is 42.2 Å². The first-order valence-corrected chi connectivity index (χ1v) is 6.30. The number of hydrogen-bond donors (Lipinski definition) is 1. The SMILES string of the molecule is Cc1ccc(Oc2ccc(C(C)(C)C)cc2O)cn1. The maximum Gasteiger partial charge on any atom is 0.169 e. The van der Waals surface area contributed by atoms with E-state index in [9.17, 15) is 5.11 Å². The van der Waals surface area contributed by atoms with Gasteiger partial charge in [-0.3, -0.25) is 4.98 Å². The van der Waals surface area contributed by atoms with Crippen LogP contribution in [0.2, 0.25) is 0 Å². The molecule has 1 N–H and O–H groups in total. The highest BCUT2D eigenvalue weighted by Crippen LogP contribution is 2.34. The van der Waals surface area contributed by atoms with Crippen LogP contribution in [0.25, 0.3) is 0 Å².